The molecule has 0 saturated carbocycles. The summed E-state index contributed by atoms with van der Waals surface area (Å²) >= 11 is 0. The van der Waals surface area contributed by atoms with Crippen LogP contribution in [0, 0.1) is 6.92 Å². The minimum absolute atomic E-state index is 0.00312. The van der Waals surface area contributed by atoms with Gasteiger partial charge in [0, 0.05) is 31.7 Å². The first-order valence-corrected chi connectivity index (χ1v) is 13.0. The number of carbonyl (C=O) groups is 2. The average molecular weight is 521 g/mol. The molecule has 1 atom stereocenters. The number of rotatable bonds is 10. The number of hydrogen-bond donors (Lipinski definition) is 1. The number of ketones is 1. The van der Waals surface area contributed by atoms with Crippen LogP contribution < -0.4 is 9.47 Å². The van der Waals surface area contributed by atoms with E-state index in [9.17, 15) is 14.7 Å². The van der Waals surface area contributed by atoms with Gasteiger partial charge in [-0.3, -0.25) is 14.5 Å². The predicted molar refractivity (Wildman–Crippen MR) is 145 cm³/mol. The topological polar surface area (TPSA) is 88.5 Å². The quantitative estimate of drug-likeness (QED) is 0.218. The SMILES string of the molecule is C=CCOc1ccc(C2/C(=C(\O)c3ccc(OC(C)C)c(C)c3)C(=O)C(=O)N2CCN2CCOCC2)cc1. The summed E-state index contributed by atoms with van der Waals surface area (Å²) in [6, 6.07) is 11.8. The van der Waals surface area contributed by atoms with Crippen molar-refractivity contribution in [1.82, 2.24) is 9.80 Å². The van der Waals surface area contributed by atoms with E-state index in [-0.39, 0.29) is 17.4 Å². The Labute approximate surface area is 224 Å². The molecular formula is C30H36N2O6. The van der Waals surface area contributed by atoms with Gasteiger partial charge in [0.1, 0.15) is 23.9 Å². The third-order valence-corrected chi connectivity index (χ3v) is 6.68. The van der Waals surface area contributed by atoms with Gasteiger partial charge in [0.05, 0.1) is 30.9 Å². The Morgan fingerprint density at radius 1 is 1.13 bits per heavy atom. The lowest BCUT2D eigenvalue weighted by molar-refractivity contribution is -0.140. The molecule has 2 heterocycles. The maximum absolute atomic E-state index is 13.4. The van der Waals surface area contributed by atoms with Crippen LogP contribution in [0.1, 0.15) is 36.6 Å². The number of benzene rings is 2. The Hall–Kier alpha value is -3.62. The van der Waals surface area contributed by atoms with Gasteiger partial charge in [0.2, 0.25) is 0 Å². The van der Waals surface area contributed by atoms with Crippen LogP contribution in [0.5, 0.6) is 11.5 Å². The Balaban J connectivity index is 1.71. The van der Waals surface area contributed by atoms with Crippen molar-refractivity contribution in [3.8, 4) is 11.5 Å². The summed E-state index contributed by atoms with van der Waals surface area (Å²) in [5.41, 5.74) is 2.08. The Bertz CT molecular complexity index is 1200. The molecule has 2 saturated heterocycles. The smallest absolute Gasteiger partial charge is 0.295 e. The summed E-state index contributed by atoms with van der Waals surface area (Å²) in [6.45, 7) is 13.6. The molecule has 8 nitrogen and oxygen atoms in total. The monoisotopic (exact) mass is 520 g/mol. The van der Waals surface area contributed by atoms with Crippen LogP contribution in [0.25, 0.3) is 5.76 Å². The molecular weight excluding hydrogens is 484 g/mol. The van der Waals surface area contributed by atoms with Crippen LogP contribution in [0.4, 0.5) is 0 Å². The lowest BCUT2D eigenvalue weighted by Gasteiger charge is -2.31. The lowest BCUT2D eigenvalue weighted by atomic mass is 9.94. The zero-order valence-electron chi connectivity index (χ0n) is 22.3. The van der Waals surface area contributed by atoms with Gasteiger partial charge in [0.15, 0.2) is 0 Å². The Kier molecular flexibility index (Phi) is 8.86. The largest absolute Gasteiger partial charge is 0.507 e. The number of ether oxygens (including phenoxy) is 3. The summed E-state index contributed by atoms with van der Waals surface area (Å²) < 4.78 is 16.9. The van der Waals surface area contributed by atoms with E-state index in [0.717, 1.165) is 24.2 Å². The fraction of sp³-hybridized carbons (Fsp3) is 0.400. The van der Waals surface area contributed by atoms with Crippen molar-refractivity contribution in [2.75, 3.05) is 46.0 Å². The highest BCUT2D eigenvalue weighted by atomic mass is 16.5. The lowest BCUT2D eigenvalue weighted by Crippen LogP contribution is -2.42. The molecule has 0 spiro atoms. The standard InChI is InChI=1S/C30H36N2O6/c1-5-16-37-24-9-6-22(7-10-24)27-26(28(33)23-8-11-25(21(4)19-23)38-20(2)3)29(34)30(35)32(27)13-12-31-14-17-36-18-15-31/h5-11,19-20,27,33H,1,12-18H2,2-4H3/b28-26+. The number of carbonyl (C=O) groups excluding carboxylic acids is 2. The van der Waals surface area contributed by atoms with Gasteiger partial charge in [-0.2, -0.15) is 0 Å². The van der Waals surface area contributed by atoms with Crippen LogP contribution >= 0.6 is 0 Å². The minimum Gasteiger partial charge on any atom is -0.507 e. The van der Waals surface area contributed by atoms with Gasteiger partial charge in [-0.25, -0.2) is 0 Å². The summed E-state index contributed by atoms with van der Waals surface area (Å²) in [5, 5.41) is 11.4. The number of aliphatic hydroxyl groups is 1. The number of Topliss-reactive ketones (excluding diaryl/α,β-unsaturated/α-hetero) is 1. The summed E-state index contributed by atoms with van der Waals surface area (Å²) in [6.07, 6.45) is 1.66. The number of morpholine rings is 1. The molecule has 8 heteroatoms. The van der Waals surface area contributed by atoms with Gasteiger partial charge >= 0.3 is 0 Å². The van der Waals surface area contributed by atoms with E-state index in [0.29, 0.717) is 50.0 Å². The van der Waals surface area contributed by atoms with Gasteiger partial charge in [-0.05, 0) is 62.2 Å². The molecule has 0 aromatic heterocycles. The van der Waals surface area contributed by atoms with Crippen molar-refractivity contribution in [3.63, 3.8) is 0 Å². The summed E-state index contributed by atoms with van der Waals surface area (Å²) in [4.78, 5) is 30.4. The molecule has 2 aliphatic heterocycles. The number of aliphatic hydroxyl groups excluding tert-OH is 1. The molecule has 0 bridgehead atoms. The highest BCUT2D eigenvalue weighted by Crippen LogP contribution is 2.40. The van der Waals surface area contributed by atoms with E-state index in [1.54, 1.807) is 41.3 Å². The van der Waals surface area contributed by atoms with E-state index in [1.165, 1.54) is 0 Å². The molecule has 2 aromatic rings. The second-order valence-corrected chi connectivity index (χ2v) is 9.76. The van der Waals surface area contributed by atoms with Gasteiger partial charge < -0.3 is 24.2 Å². The number of likely N-dealkylation sites (tertiary alicyclic amines) is 1. The summed E-state index contributed by atoms with van der Waals surface area (Å²) in [5.74, 6) is -0.159. The van der Waals surface area contributed by atoms with Crippen LogP contribution in [0.2, 0.25) is 0 Å². The van der Waals surface area contributed by atoms with E-state index in [2.05, 4.69) is 11.5 Å². The van der Waals surface area contributed by atoms with Crippen molar-refractivity contribution in [3.05, 3.63) is 77.4 Å². The molecule has 0 aliphatic carbocycles. The first-order valence-electron chi connectivity index (χ1n) is 13.0. The van der Waals surface area contributed by atoms with Crippen molar-refractivity contribution in [2.45, 2.75) is 32.9 Å². The van der Waals surface area contributed by atoms with E-state index in [1.807, 2.05) is 32.9 Å². The molecule has 202 valence electrons. The first-order chi connectivity index (χ1) is 18.3. The van der Waals surface area contributed by atoms with Crippen molar-refractivity contribution < 1.29 is 28.9 Å². The zero-order valence-corrected chi connectivity index (χ0v) is 22.3. The fourth-order valence-corrected chi connectivity index (χ4v) is 4.77. The van der Waals surface area contributed by atoms with E-state index < -0.39 is 17.7 Å². The fourth-order valence-electron chi connectivity index (χ4n) is 4.77. The van der Waals surface area contributed by atoms with E-state index in [4.69, 9.17) is 14.2 Å². The number of aryl methyl sites for hydroxylation is 1. The molecule has 38 heavy (non-hydrogen) atoms. The third-order valence-electron chi connectivity index (χ3n) is 6.68. The highest BCUT2D eigenvalue weighted by Gasteiger charge is 2.46. The zero-order chi connectivity index (χ0) is 27.2. The molecule has 0 radical (unpaired) electrons. The number of amides is 1. The number of nitrogens with zero attached hydrogens (tertiary/aromatic N) is 2. The second kappa shape index (κ2) is 12.3. The van der Waals surface area contributed by atoms with Crippen molar-refractivity contribution in [1.29, 1.82) is 0 Å². The molecule has 2 aliphatic rings. The van der Waals surface area contributed by atoms with Crippen LogP contribution in [-0.4, -0.2) is 78.7 Å². The highest BCUT2D eigenvalue weighted by molar-refractivity contribution is 6.46. The second-order valence-electron chi connectivity index (χ2n) is 9.76. The Morgan fingerprint density at radius 2 is 1.84 bits per heavy atom. The van der Waals surface area contributed by atoms with Crippen LogP contribution in [0.3, 0.4) is 0 Å². The van der Waals surface area contributed by atoms with Crippen LogP contribution in [0.15, 0.2) is 60.7 Å². The van der Waals surface area contributed by atoms with E-state index >= 15 is 0 Å². The molecule has 1 amide bonds. The summed E-state index contributed by atoms with van der Waals surface area (Å²) in [7, 11) is 0. The van der Waals surface area contributed by atoms with Crippen LogP contribution in [-0.2, 0) is 14.3 Å². The maximum Gasteiger partial charge on any atom is 0.295 e. The molecule has 2 fully saturated rings. The number of hydrogen-bond acceptors (Lipinski definition) is 7. The molecule has 4 rings (SSSR count). The predicted octanol–water partition coefficient (Wildman–Crippen LogP) is 4.10. The van der Waals surface area contributed by atoms with Crippen molar-refractivity contribution >= 4 is 17.4 Å². The molecule has 2 aromatic carbocycles. The first kappa shape index (κ1) is 27.4. The maximum atomic E-state index is 13.4. The van der Waals surface area contributed by atoms with Gasteiger partial charge in [-0.1, -0.05) is 24.8 Å². The van der Waals surface area contributed by atoms with Gasteiger partial charge in [-0.15, -0.1) is 0 Å². The third kappa shape index (κ3) is 6.09. The van der Waals surface area contributed by atoms with Gasteiger partial charge in [0.25, 0.3) is 11.7 Å². The molecule has 1 N–H and O–H groups in total. The molecule has 1 unspecified atom stereocenters. The normalized spacial score (nSPS) is 19.7. The Morgan fingerprint density at radius 3 is 2.47 bits per heavy atom. The minimum atomic E-state index is -0.726. The van der Waals surface area contributed by atoms with Crippen molar-refractivity contribution in [2.24, 2.45) is 0 Å². The average Bonchev–Trinajstić information content (AvgIpc) is 3.17.